The maximum Gasteiger partial charge on any atom is 0.130 e. The van der Waals surface area contributed by atoms with E-state index in [1.54, 1.807) is 18.2 Å². The Morgan fingerprint density at radius 3 is 2.64 bits per heavy atom. The average Bonchev–Trinajstić information content (AvgIpc) is 2.96. The molecule has 0 saturated carbocycles. The van der Waals surface area contributed by atoms with Gasteiger partial charge in [0, 0.05) is 0 Å². The van der Waals surface area contributed by atoms with Crippen LogP contribution in [0.5, 0.6) is 5.75 Å². The number of phenolic OH excluding ortho intramolecular Hbond substituents is 1. The molecule has 0 atom stereocenters. The van der Waals surface area contributed by atoms with Gasteiger partial charge in [0.05, 0.1) is 15.8 Å². The van der Waals surface area contributed by atoms with Gasteiger partial charge in [-0.3, -0.25) is 0 Å². The molecular weight excluding hydrogens is 294 g/mol. The molecule has 5 heteroatoms. The molecule has 0 unspecified atom stereocenters. The van der Waals surface area contributed by atoms with Gasteiger partial charge in [-0.05, 0) is 35.9 Å². The predicted molar refractivity (Wildman–Crippen MR) is 85.9 cm³/mol. The molecule has 0 fully saturated rings. The first-order valence-corrected chi connectivity index (χ1v) is 7.24. The van der Waals surface area contributed by atoms with Crippen molar-refractivity contribution in [3.05, 3.63) is 53.6 Å². The van der Waals surface area contributed by atoms with Gasteiger partial charge in [0.15, 0.2) is 0 Å². The third-order valence-electron chi connectivity index (χ3n) is 3.10. The number of benzene rings is 2. The summed E-state index contributed by atoms with van der Waals surface area (Å²) in [4.78, 5) is 4.51. The van der Waals surface area contributed by atoms with E-state index in [0.29, 0.717) is 5.56 Å². The Morgan fingerprint density at radius 1 is 1.14 bits per heavy atom. The molecule has 1 aromatic heterocycles. The topological polar surface area (TPSA) is 80.7 Å². The number of nitrogens with zero attached hydrogens (tertiary/aromatic N) is 3. The maximum atomic E-state index is 9.91. The summed E-state index contributed by atoms with van der Waals surface area (Å²) in [7, 11) is 0. The highest BCUT2D eigenvalue weighted by Crippen LogP contribution is 2.35. The number of phenols is 1. The van der Waals surface area contributed by atoms with Crippen LogP contribution in [0.4, 0.5) is 0 Å². The van der Waals surface area contributed by atoms with Crippen LogP contribution in [0.3, 0.4) is 0 Å². The number of rotatable bonds is 2. The van der Waals surface area contributed by atoms with Crippen molar-refractivity contribution < 1.29 is 5.11 Å². The zero-order valence-corrected chi connectivity index (χ0v) is 12.1. The minimum absolute atomic E-state index is 0.0600. The van der Waals surface area contributed by atoms with Crippen molar-refractivity contribution in [1.29, 1.82) is 10.5 Å². The fourth-order valence-corrected chi connectivity index (χ4v) is 3.11. The molecule has 1 heterocycles. The number of nitriles is 2. The quantitative estimate of drug-likeness (QED) is 0.723. The number of allylic oxidation sites excluding steroid dienone is 1. The minimum atomic E-state index is 0.0600. The highest BCUT2D eigenvalue weighted by molar-refractivity contribution is 7.21. The molecule has 0 aliphatic carbocycles. The molecule has 0 aliphatic rings. The van der Waals surface area contributed by atoms with Gasteiger partial charge in [-0.1, -0.05) is 18.2 Å². The van der Waals surface area contributed by atoms with Crippen molar-refractivity contribution in [2.75, 3.05) is 0 Å². The Morgan fingerprint density at radius 2 is 1.91 bits per heavy atom. The van der Waals surface area contributed by atoms with Crippen LogP contribution in [0, 0.1) is 22.7 Å². The van der Waals surface area contributed by atoms with E-state index in [1.807, 2.05) is 42.5 Å². The molecule has 22 heavy (non-hydrogen) atoms. The number of hydrogen-bond acceptors (Lipinski definition) is 5. The number of hydrogen-bond donors (Lipinski definition) is 1. The zero-order valence-electron chi connectivity index (χ0n) is 11.3. The first kappa shape index (κ1) is 13.8. The standard InChI is InChI=1S/C17H9N3OS/c18-9-12(10-19)7-11-5-6-14-16(8-11)22-17(20-14)13-3-1-2-4-15(13)21/h1-8,21H. The molecule has 0 radical (unpaired) electrons. The van der Waals surface area contributed by atoms with Crippen molar-refractivity contribution in [3.8, 4) is 28.5 Å². The lowest BCUT2D eigenvalue weighted by molar-refractivity contribution is 0.477. The highest BCUT2D eigenvalue weighted by atomic mass is 32.1. The lowest BCUT2D eigenvalue weighted by atomic mass is 10.1. The van der Waals surface area contributed by atoms with Gasteiger partial charge in [-0.2, -0.15) is 10.5 Å². The molecule has 0 aliphatic heterocycles. The van der Waals surface area contributed by atoms with Gasteiger partial charge < -0.3 is 5.11 Å². The van der Waals surface area contributed by atoms with Crippen LogP contribution in [0.1, 0.15) is 5.56 Å². The summed E-state index contributed by atoms with van der Waals surface area (Å²) in [6.07, 6.45) is 1.54. The van der Waals surface area contributed by atoms with Gasteiger partial charge in [0.2, 0.25) is 0 Å². The second-order valence-electron chi connectivity index (χ2n) is 4.54. The van der Waals surface area contributed by atoms with E-state index in [9.17, 15) is 5.11 Å². The molecule has 0 bridgehead atoms. The SMILES string of the molecule is N#CC(C#N)=Cc1ccc2nc(-c3ccccc3O)sc2c1. The van der Waals surface area contributed by atoms with Crippen molar-refractivity contribution in [2.24, 2.45) is 0 Å². The fourth-order valence-electron chi connectivity index (χ4n) is 2.06. The van der Waals surface area contributed by atoms with E-state index in [0.717, 1.165) is 20.8 Å². The third-order valence-corrected chi connectivity index (χ3v) is 4.15. The van der Waals surface area contributed by atoms with E-state index >= 15 is 0 Å². The van der Waals surface area contributed by atoms with E-state index in [1.165, 1.54) is 11.3 Å². The molecule has 0 amide bonds. The molecule has 2 aromatic carbocycles. The number of para-hydroxylation sites is 1. The summed E-state index contributed by atoms with van der Waals surface area (Å²) >= 11 is 1.45. The number of aromatic hydroxyl groups is 1. The molecule has 4 nitrogen and oxygen atoms in total. The Kier molecular flexibility index (Phi) is 3.57. The normalized spacial score (nSPS) is 9.91. The van der Waals surface area contributed by atoms with Crippen LogP contribution in [0.15, 0.2) is 48.0 Å². The van der Waals surface area contributed by atoms with Crippen LogP contribution in [-0.2, 0) is 0 Å². The number of thiazole rings is 1. The van der Waals surface area contributed by atoms with Crippen molar-refractivity contribution in [2.45, 2.75) is 0 Å². The van der Waals surface area contributed by atoms with Crippen LogP contribution < -0.4 is 0 Å². The smallest absolute Gasteiger partial charge is 0.130 e. The Labute approximate surface area is 130 Å². The maximum absolute atomic E-state index is 9.91. The fraction of sp³-hybridized carbons (Fsp3) is 0. The summed E-state index contributed by atoms with van der Waals surface area (Å²) in [5.41, 5.74) is 2.34. The largest absolute Gasteiger partial charge is 0.507 e. The van der Waals surface area contributed by atoms with Crippen molar-refractivity contribution >= 4 is 27.6 Å². The molecule has 0 saturated heterocycles. The summed E-state index contributed by atoms with van der Waals surface area (Å²) in [5.74, 6) is 0.193. The molecule has 1 N–H and O–H groups in total. The predicted octanol–water partition coefficient (Wildman–Crippen LogP) is 4.10. The minimum Gasteiger partial charge on any atom is -0.507 e. The summed E-state index contributed by atoms with van der Waals surface area (Å²) in [5, 5.41) is 28.3. The number of fused-ring (bicyclic) bond motifs is 1. The summed E-state index contributed by atoms with van der Waals surface area (Å²) in [6, 6.07) is 16.3. The average molecular weight is 303 g/mol. The molecule has 3 aromatic rings. The first-order chi connectivity index (χ1) is 10.7. The molecule has 0 spiro atoms. The van der Waals surface area contributed by atoms with E-state index < -0.39 is 0 Å². The van der Waals surface area contributed by atoms with Gasteiger partial charge in [0.25, 0.3) is 0 Å². The third kappa shape index (κ3) is 2.54. The Hall–Kier alpha value is -3.15. The van der Waals surface area contributed by atoms with E-state index in [-0.39, 0.29) is 11.3 Å². The van der Waals surface area contributed by atoms with Gasteiger partial charge in [-0.25, -0.2) is 4.98 Å². The lowest BCUT2D eigenvalue weighted by Crippen LogP contribution is -1.77. The van der Waals surface area contributed by atoms with Crippen molar-refractivity contribution in [1.82, 2.24) is 4.98 Å². The van der Waals surface area contributed by atoms with Crippen molar-refractivity contribution in [3.63, 3.8) is 0 Å². The zero-order chi connectivity index (χ0) is 15.5. The second-order valence-corrected chi connectivity index (χ2v) is 5.58. The van der Waals surface area contributed by atoms with Crippen LogP contribution >= 0.6 is 11.3 Å². The van der Waals surface area contributed by atoms with E-state index in [4.69, 9.17) is 10.5 Å². The van der Waals surface area contributed by atoms with Gasteiger partial charge in [0.1, 0.15) is 28.5 Å². The lowest BCUT2D eigenvalue weighted by Gasteiger charge is -1.98. The van der Waals surface area contributed by atoms with Gasteiger partial charge in [-0.15, -0.1) is 11.3 Å². The monoisotopic (exact) mass is 303 g/mol. The Balaban J connectivity index is 2.09. The molecule has 3 rings (SSSR count). The Bertz CT molecular complexity index is 957. The van der Waals surface area contributed by atoms with Crippen LogP contribution in [0.2, 0.25) is 0 Å². The summed E-state index contributed by atoms with van der Waals surface area (Å²) < 4.78 is 0.933. The summed E-state index contributed by atoms with van der Waals surface area (Å²) in [6.45, 7) is 0. The van der Waals surface area contributed by atoms with Crippen LogP contribution in [0.25, 0.3) is 26.9 Å². The second kappa shape index (κ2) is 5.69. The highest BCUT2D eigenvalue weighted by Gasteiger charge is 2.10. The molecular formula is C17H9N3OS. The van der Waals surface area contributed by atoms with E-state index in [2.05, 4.69) is 4.98 Å². The van der Waals surface area contributed by atoms with Gasteiger partial charge >= 0.3 is 0 Å². The molecule has 104 valence electrons. The first-order valence-electron chi connectivity index (χ1n) is 6.42. The van der Waals surface area contributed by atoms with Crippen LogP contribution in [-0.4, -0.2) is 10.1 Å². The number of aromatic nitrogens is 1.